The van der Waals surface area contributed by atoms with Gasteiger partial charge in [-0.3, -0.25) is 14.6 Å². The second-order valence-electron chi connectivity index (χ2n) is 7.65. The van der Waals surface area contributed by atoms with Gasteiger partial charge in [0.25, 0.3) is 5.78 Å². The summed E-state index contributed by atoms with van der Waals surface area (Å²) in [7, 11) is 0. The van der Waals surface area contributed by atoms with E-state index in [9.17, 15) is 27.6 Å². The van der Waals surface area contributed by atoms with Gasteiger partial charge >= 0.3 is 18.4 Å². The van der Waals surface area contributed by atoms with E-state index in [4.69, 9.17) is 9.47 Å². The number of amides is 2. The number of hydrogen-bond acceptors (Lipinski definition) is 5. The standard InChI is InChI=1S/C16H23F3N2O5/c1-14(2,3)25-12(23)20-7-8-21(13(24)26-15(4,5)6)10(9-20)11(22)16(17,18)19/h9H,7-8H2,1-6H3. The summed E-state index contributed by atoms with van der Waals surface area (Å²) in [6, 6.07) is 0. The predicted octanol–water partition coefficient (Wildman–Crippen LogP) is 3.45. The molecule has 0 unspecified atom stereocenters. The zero-order chi connectivity index (χ0) is 20.5. The average molecular weight is 380 g/mol. The highest BCUT2D eigenvalue weighted by Gasteiger charge is 2.46. The smallest absolute Gasteiger partial charge is 0.443 e. The Balaban J connectivity index is 3.19. The Hall–Kier alpha value is -2.26. The van der Waals surface area contributed by atoms with Crippen molar-refractivity contribution in [3.8, 4) is 0 Å². The molecule has 0 spiro atoms. The Morgan fingerprint density at radius 1 is 0.885 bits per heavy atom. The fraction of sp³-hybridized carbons (Fsp3) is 0.688. The molecule has 0 saturated heterocycles. The third kappa shape index (κ3) is 6.23. The first-order valence-corrected chi connectivity index (χ1v) is 7.85. The van der Waals surface area contributed by atoms with Gasteiger partial charge in [0.2, 0.25) is 0 Å². The Morgan fingerprint density at radius 2 is 1.35 bits per heavy atom. The van der Waals surface area contributed by atoms with Crippen LogP contribution in [0.25, 0.3) is 0 Å². The predicted molar refractivity (Wildman–Crippen MR) is 85.0 cm³/mol. The molecule has 0 N–H and O–H groups in total. The molecule has 0 aromatic heterocycles. The molecule has 2 amide bonds. The number of rotatable bonds is 1. The van der Waals surface area contributed by atoms with E-state index in [0.717, 1.165) is 4.90 Å². The summed E-state index contributed by atoms with van der Waals surface area (Å²) >= 11 is 0. The third-order valence-corrected chi connectivity index (χ3v) is 2.87. The first-order chi connectivity index (χ1) is 11.5. The van der Waals surface area contributed by atoms with Crippen LogP contribution in [0.4, 0.5) is 22.8 Å². The van der Waals surface area contributed by atoms with Crippen molar-refractivity contribution in [1.29, 1.82) is 0 Å². The Morgan fingerprint density at radius 3 is 1.77 bits per heavy atom. The maximum atomic E-state index is 12.9. The molecule has 0 aromatic rings. The fourth-order valence-corrected chi connectivity index (χ4v) is 1.91. The van der Waals surface area contributed by atoms with E-state index in [0.29, 0.717) is 11.1 Å². The topological polar surface area (TPSA) is 76.2 Å². The van der Waals surface area contributed by atoms with Gasteiger partial charge in [0.05, 0.1) is 0 Å². The van der Waals surface area contributed by atoms with Crippen molar-refractivity contribution in [3.05, 3.63) is 11.9 Å². The second-order valence-corrected chi connectivity index (χ2v) is 7.65. The lowest BCUT2D eigenvalue weighted by Gasteiger charge is -2.35. The van der Waals surface area contributed by atoms with Gasteiger partial charge in [-0.15, -0.1) is 0 Å². The molecule has 1 aliphatic rings. The summed E-state index contributed by atoms with van der Waals surface area (Å²) in [5.74, 6) is -2.25. The Kier molecular flexibility index (Phi) is 6.00. The van der Waals surface area contributed by atoms with E-state index in [2.05, 4.69) is 0 Å². The number of halogens is 3. The number of carbonyl (C=O) groups is 3. The lowest BCUT2D eigenvalue weighted by Crippen LogP contribution is -2.49. The highest BCUT2D eigenvalue weighted by molar-refractivity contribution is 6.02. The SMILES string of the molecule is CC(C)(C)OC(=O)N1C=C(C(=O)C(F)(F)F)N(C(=O)OC(C)(C)C)CC1. The van der Waals surface area contributed by atoms with Crippen LogP contribution in [0.15, 0.2) is 11.9 Å². The third-order valence-electron chi connectivity index (χ3n) is 2.87. The summed E-state index contributed by atoms with van der Waals surface area (Å²) in [5, 5.41) is 0. The van der Waals surface area contributed by atoms with E-state index in [-0.39, 0.29) is 13.1 Å². The molecule has 0 saturated carbocycles. The molecule has 0 aromatic carbocycles. The van der Waals surface area contributed by atoms with E-state index in [1.54, 1.807) is 20.8 Å². The van der Waals surface area contributed by atoms with E-state index in [1.807, 2.05) is 0 Å². The molecule has 1 aliphatic heterocycles. The number of alkyl halides is 3. The van der Waals surface area contributed by atoms with Crippen molar-refractivity contribution in [2.75, 3.05) is 13.1 Å². The zero-order valence-corrected chi connectivity index (χ0v) is 15.6. The van der Waals surface area contributed by atoms with Gasteiger partial charge in [-0.2, -0.15) is 13.2 Å². The molecule has 0 bridgehead atoms. The number of hydrogen-bond donors (Lipinski definition) is 0. The van der Waals surface area contributed by atoms with Gasteiger partial charge < -0.3 is 9.47 Å². The molecular formula is C16H23F3N2O5. The van der Waals surface area contributed by atoms with Gasteiger partial charge in [-0.1, -0.05) is 0 Å². The van der Waals surface area contributed by atoms with Crippen LogP contribution in [0.3, 0.4) is 0 Å². The zero-order valence-electron chi connectivity index (χ0n) is 15.6. The van der Waals surface area contributed by atoms with Crippen molar-refractivity contribution in [3.63, 3.8) is 0 Å². The summed E-state index contributed by atoms with van der Waals surface area (Å²) < 4.78 is 48.8. The molecule has 0 fully saturated rings. The Bertz CT molecular complexity index is 615. The molecule has 1 rings (SSSR count). The maximum absolute atomic E-state index is 12.9. The maximum Gasteiger partial charge on any atom is 0.456 e. The number of nitrogens with zero attached hydrogens (tertiary/aromatic N) is 2. The molecule has 0 radical (unpaired) electrons. The summed E-state index contributed by atoms with van der Waals surface area (Å²) in [4.78, 5) is 37.4. The summed E-state index contributed by atoms with van der Waals surface area (Å²) in [5.41, 5.74) is -2.84. The van der Waals surface area contributed by atoms with Crippen molar-refractivity contribution in [2.45, 2.75) is 58.9 Å². The van der Waals surface area contributed by atoms with Gasteiger partial charge in [0.1, 0.15) is 16.9 Å². The van der Waals surface area contributed by atoms with Gasteiger partial charge in [0.15, 0.2) is 0 Å². The molecular weight excluding hydrogens is 357 g/mol. The van der Waals surface area contributed by atoms with Crippen LogP contribution >= 0.6 is 0 Å². The van der Waals surface area contributed by atoms with Crippen LogP contribution in [0.1, 0.15) is 41.5 Å². The molecule has 0 aliphatic carbocycles. The van der Waals surface area contributed by atoms with E-state index in [1.165, 1.54) is 20.8 Å². The van der Waals surface area contributed by atoms with Crippen LogP contribution in [-0.4, -0.2) is 58.2 Å². The fourth-order valence-electron chi connectivity index (χ4n) is 1.91. The van der Waals surface area contributed by atoms with Gasteiger partial charge in [-0.25, -0.2) is 9.59 Å². The minimum atomic E-state index is -5.22. The first-order valence-electron chi connectivity index (χ1n) is 7.85. The van der Waals surface area contributed by atoms with Crippen molar-refractivity contribution in [2.24, 2.45) is 0 Å². The molecule has 148 valence electrons. The normalized spacial score (nSPS) is 16.1. The quantitative estimate of drug-likeness (QED) is 0.696. The number of carbonyl (C=O) groups excluding carboxylic acids is 3. The lowest BCUT2D eigenvalue weighted by molar-refractivity contribution is -0.168. The largest absolute Gasteiger partial charge is 0.456 e. The molecule has 0 atom stereocenters. The lowest BCUT2D eigenvalue weighted by atomic mass is 10.2. The number of Topliss-reactive ketones (excluding diaryl/α,β-unsaturated/α-hetero) is 1. The number of allylic oxidation sites excluding steroid dienone is 1. The molecule has 10 heteroatoms. The second kappa shape index (κ2) is 7.16. The minimum Gasteiger partial charge on any atom is -0.443 e. The van der Waals surface area contributed by atoms with Gasteiger partial charge in [0, 0.05) is 19.3 Å². The molecule has 1 heterocycles. The van der Waals surface area contributed by atoms with Crippen molar-refractivity contribution in [1.82, 2.24) is 9.80 Å². The highest BCUT2D eigenvalue weighted by atomic mass is 19.4. The molecule has 26 heavy (non-hydrogen) atoms. The Labute approximate surface area is 149 Å². The van der Waals surface area contributed by atoms with E-state index >= 15 is 0 Å². The number of ketones is 1. The van der Waals surface area contributed by atoms with Crippen LogP contribution in [0.5, 0.6) is 0 Å². The van der Waals surface area contributed by atoms with Crippen LogP contribution in [-0.2, 0) is 14.3 Å². The first kappa shape index (κ1) is 21.8. The summed E-state index contributed by atoms with van der Waals surface area (Å²) in [6.45, 7) is 8.89. The highest BCUT2D eigenvalue weighted by Crippen LogP contribution is 2.27. The van der Waals surface area contributed by atoms with Crippen LogP contribution < -0.4 is 0 Å². The average Bonchev–Trinajstić information content (AvgIpc) is 2.41. The summed E-state index contributed by atoms with van der Waals surface area (Å²) in [6.07, 6.45) is -6.58. The van der Waals surface area contributed by atoms with E-state index < -0.39 is 41.0 Å². The van der Waals surface area contributed by atoms with Crippen molar-refractivity contribution >= 4 is 18.0 Å². The monoisotopic (exact) mass is 380 g/mol. The van der Waals surface area contributed by atoms with Gasteiger partial charge in [-0.05, 0) is 41.5 Å². The molecule has 7 nitrogen and oxygen atoms in total. The number of ether oxygens (including phenoxy) is 2. The minimum absolute atomic E-state index is 0.150. The van der Waals surface area contributed by atoms with Crippen LogP contribution in [0, 0.1) is 0 Å². The van der Waals surface area contributed by atoms with Crippen molar-refractivity contribution < 1.29 is 37.0 Å². The van der Waals surface area contributed by atoms with Crippen LogP contribution in [0.2, 0.25) is 0 Å².